The van der Waals surface area contributed by atoms with Crippen molar-refractivity contribution in [1.29, 1.82) is 0 Å². The number of nitrogens with one attached hydrogen (secondary N) is 3. The quantitative estimate of drug-likeness (QED) is 0.0958. The van der Waals surface area contributed by atoms with Gasteiger partial charge in [-0.1, -0.05) is 6.92 Å². The van der Waals surface area contributed by atoms with Crippen LogP contribution in [0.15, 0.2) is 11.8 Å². The highest BCUT2D eigenvalue weighted by Crippen LogP contribution is 2.30. The molecule has 0 bridgehead atoms. The molecular formula is C25H47N5O8. The maximum Gasteiger partial charge on any atom is 0.221 e. The fourth-order valence-corrected chi connectivity index (χ4v) is 4.84. The number of aliphatic hydroxyl groups excluding tert-OH is 3. The van der Waals surface area contributed by atoms with Crippen LogP contribution < -0.4 is 27.4 Å². The second-order valence-electron chi connectivity index (χ2n) is 10.2. The number of aliphatic hydroxyl groups is 3. The van der Waals surface area contributed by atoms with Gasteiger partial charge in [-0.15, -0.1) is 0 Å². The normalized spacial score (nSPS) is 31.6. The molecule has 0 aromatic heterocycles. The summed E-state index contributed by atoms with van der Waals surface area (Å²) < 4.78 is 23.8. The Hall–Kier alpha value is -1.39. The van der Waals surface area contributed by atoms with E-state index in [2.05, 4.69) is 16.0 Å². The first-order valence-corrected chi connectivity index (χ1v) is 13.8. The van der Waals surface area contributed by atoms with Crippen molar-refractivity contribution in [3.05, 3.63) is 11.8 Å². The Morgan fingerprint density at radius 3 is 2.79 bits per heavy atom. The predicted molar refractivity (Wildman–Crippen MR) is 138 cm³/mol. The molecule has 13 nitrogen and oxygen atoms in total. The zero-order valence-corrected chi connectivity index (χ0v) is 22.3. The molecule has 2 heterocycles. The van der Waals surface area contributed by atoms with Gasteiger partial charge in [0.2, 0.25) is 5.91 Å². The Morgan fingerprint density at radius 1 is 1.34 bits per heavy atom. The second kappa shape index (κ2) is 16.0. The predicted octanol–water partition coefficient (Wildman–Crippen LogP) is -2.38. The minimum absolute atomic E-state index is 0.0650. The summed E-state index contributed by atoms with van der Waals surface area (Å²) >= 11 is 0. The number of carbonyl (C=O) groups is 1. The van der Waals surface area contributed by atoms with Gasteiger partial charge in [-0.3, -0.25) is 4.79 Å². The van der Waals surface area contributed by atoms with Crippen LogP contribution in [0, 0.1) is 5.92 Å². The lowest BCUT2D eigenvalue weighted by Gasteiger charge is -2.45. The van der Waals surface area contributed by atoms with E-state index in [1.165, 1.54) is 0 Å². The fraction of sp³-hybridized carbons (Fsp3) is 0.880. The number of allylic oxidation sites excluding steroid dienone is 1. The van der Waals surface area contributed by atoms with Crippen molar-refractivity contribution in [2.45, 2.75) is 88.1 Å². The van der Waals surface area contributed by atoms with Crippen LogP contribution in [0.25, 0.3) is 0 Å². The van der Waals surface area contributed by atoms with Crippen LogP contribution in [0.1, 0.15) is 39.0 Å². The number of hydrogen-bond acceptors (Lipinski definition) is 12. The lowest BCUT2D eigenvalue weighted by molar-refractivity contribution is -0.269. The van der Waals surface area contributed by atoms with Gasteiger partial charge in [0, 0.05) is 45.1 Å². The minimum atomic E-state index is -1.26. The average Bonchev–Trinajstić information content (AvgIpc) is 2.87. The van der Waals surface area contributed by atoms with Gasteiger partial charge in [0.1, 0.15) is 30.2 Å². The van der Waals surface area contributed by atoms with Crippen molar-refractivity contribution in [3.63, 3.8) is 0 Å². The van der Waals surface area contributed by atoms with Gasteiger partial charge in [-0.25, -0.2) is 0 Å². The topological polar surface area (TPSA) is 203 Å². The van der Waals surface area contributed by atoms with Crippen LogP contribution in [0.3, 0.4) is 0 Å². The molecule has 13 heteroatoms. The number of hydrogen-bond donors (Lipinski definition) is 8. The molecule has 1 aliphatic carbocycles. The lowest BCUT2D eigenvalue weighted by Crippen LogP contribution is -2.66. The van der Waals surface area contributed by atoms with Crippen molar-refractivity contribution < 1.29 is 39.1 Å². The first kappa shape index (κ1) is 31.1. The Morgan fingerprint density at radius 2 is 2.13 bits per heavy atom. The number of carbonyl (C=O) groups excluding carboxylic acids is 1. The van der Waals surface area contributed by atoms with Crippen molar-refractivity contribution in [2.24, 2.45) is 17.4 Å². The zero-order chi connectivity index (χ0) is 27.5. The summed E-state index contributed by atoms with van der Waals surface area (Å²) in [7, 11) is 0. The fourth-order valence-electron chi connectivity index (χ4n) is 4.84. The van der Waals surface area contributed by atoms with Crippen LogP contribution in [-0.4, -0.2) is 116 Å². The molecule has 0 unspecified atom stereocenters. The van der Waals surface area contributed by atoms with Crippen LogP contribution in [0.4, 0.5) is 0 Å². The van der Waals surface area contributed by atoms with E-state index in [9.17, 15) is 20.1 Å². The van der Waals surface area contributed by atoms with Gasteiger partial charge >= 0.3 is 0 Å². The Balaban J connectivity index is 1.65. The van der Waals surface area contributed by atoms with Crippen molar-refractivity contribution >= 4 is 5.91 Å². The maximum absolute atomic E-state index is 12.4. The summed E-state index contributed by atoms with van der Waals surface area (Å²) in [6, 6.07) is -1.29. The summed E-state index contributed by atoms with van der Waals surface area (Å²) in [6.07, 6.45) is -1.76. The van der Waals surface area contributed by atoms with Gasteiger partial charge < -0.3 is 61.7 Å². The van der Waals surface area contributed by atoms with Crippen LogP contribution in [0.5, 0.6) is 0 Å². The standard InChI is InChI=1S/C25H47N5O8/c1-2-19(32)25(35-9-8-31)38-24-18(30-20(33)6-7-26)10-17(27)23(22(24)34)37-21-5-3-4-16(36-21)14-29-13-15-11-28-12-15/h4,15,17-19,21-25,28-29,31-32,34H,2-3,5-14,26-27H2,1H3,(H,30,33)/t17-,18+,19+,21+,22-,23+,24-,25+/m0/s1. The first-order valence-electron chi connectivity index (χ1n) is 13.8. The van der Waals surface area contributed by atoms with Gasteiger partial charge in [0.25, 0.3) is 0 Å². The van der Waals surface area contributed by atoms with Crippen molar-refractivity contribution in [1.82, 2.24) is 16.0 Å². The Labute approximate surface area is 224 Å². The summed E-state index contributed by atoms with van der Waals surface area (Å²) in [6.45, 7) is 5.14. The molecule has 0 aromatic carbocycles. The summed E-state index contributed by atoms with van der Waals surface area (Å²) in [4.78, 5) is 12.4. The van der Waals surface area contributed by atoms with E-state index in [4.69, 9.17) is 30.4 Å². The number of rotatable bonds is 16. The third kappa shape index (κ3) is 9.08. The first-order chi connectivity index (χ1) is 18.4. The average molecular weight is 546 g/mol. The molecule has 0 aromatic rings. The van der Waals surface area contributed by atoms with E-state index in [1.54, 1.807) is 6.92 Å². The number of ether oxygens (including phenoxy) is 4. The third-order valence-corrected chi connectivity index (χ3v) is 7.10. The van der Waals surface area contributed by atoms with Gasteiger partial charge in [0.05, 0.1) is 25.8 Å². The smallest absolute Gasteiger partial charge is 0.221 e. The molecule has 1 amide bonds. The number of nitrogens with two attached hydrogens (primary N) is 2. The molecule has 10 N–H and O–H groups in total. The second-order valence-corrected chi connectivity index (χ2v) is 10.2. The van der Waals surface area contributed by atoms with E-state index < -0.39 is 49.1 Å². The SMILES string of the molecule is CC[C@@H](O)[C@H](OCCO)O[C@@H]1[C@@H](O)[C@H](O[C@@H]2CCC=C(CNCC3CNC3)O2)[C@@H](N)C[C@H]1NC(=O)CCN. The van der Waals surface area contributed by atoms with Gasteiger partial charge in [-0.2, -0.15) is 0 Å². The molecule has 2 aliphatic heterocycles. The molecule has 8 atom stereocenters. The van der Waals surface area contributed by atoms with E-state index in [0.717, 1.165) is 31.8 Å². The Bertz CT molecular complexity index is 743. The molecule has 2 fully saturated rings. The Kier molecular flexibility index (Phi) is 13.1. The van der Waals surface area contributed by atoms with E-state index in [0.29, 0.717) is 25.3 Å². The molecule has 0 radical (unpaired) electrons. The highest BCUT2D eigenvalue weighted by atomic mass is 16.7. The molecule has 1 saturated carbocycles. The van der Waals surface area contributed by atoms with Crippen molar-refractivity contribution in [3.8, 4) is 0 Å². The molecular weight excluding hydrogens is 498 g/mol. The summed E-state index contributed by atoms with van der Waals surface area (Å²) in [5.74, 6) is 1.12. The third-order valence-electron chi connectivity index (χ3n) is 7.10. The largest absolute Gasteiger partial charge is 0.468 e. The molecule has 38 heavy (non-hydrogen) atoms. The molecule has 220 valence electrons. The lowest BCUT2D eigenvalue weighted by atomic mass is 9.83. The van der Waals surface area contributed by atoms with Gasteiger partial charge in [0.15, 0.2) is 12.6 Å². The zero-order valence-electron chi connectivity index (χ0n) is 22.3. The van der Waals surface area contributed by atoms with Crippen LogP contribution in [-0.2, 0) is 23.7 Å². The molecule has 0 spiro atoms. The van der Waals surface area contributed by atoms with E-state index in [1.807, 2.05) is 6.08 Å². The summed E-state index contributed by atoms with van der Waals surface area (Å²) in [5.41, 5.74) is 12.0. The van der Waals surface area contributed by atoms with E-state index in [-0.39, 0.29) is 38.5 Å². The molecule has 3 rings (SSSR count). The molecule has 1 saturated heterocycles. The highest BCUT2D eigenvalue weighted by Gasteiger charge is 2.47. The highest BCUT2D eigenvalue weighted by molar-refractivity contribution is 5.76. The van der Waals surface area contributed by atoms with Gasteiger partial charge in [-0.05, 0) is 31.3 Å². The van der Waals surface area contributed by atoms with Crippen molar-refractivity contribution in [2.75, 3.05) is 45.9 Å². The number of amides is 1. The molecule has 3 aliphatic rings. The summed E-state index contributed by atoms with van der Waals surface area (Å²) in [5, 5.41) is 40.5. The minimum Gasteiger partial charge on any atom is -0.468 e. The van der Waals surface area contributed by atoms with Crippen LogP contribution in [0.2, 0.25) is 0 Å². The van der Waals surface area contributed by atoms with E-state index >= 15 is 0 Å². The maximum atomic E-state index is 12.4. The van der Waals surface area contributed by atoms with Crippen LogP contribution >= 0.6 is 0 Å². The monoisotopic (exact) mass is 545 g/mol.